The minimum Gasteiger partial charge on any atom is -0.481 e. The largest absolute Gasteiger partial charge is 0.481 e. The van der Waals surface area contributed by atoms with Crippen LogP contribution in [0.1, 0.15) is 17.5 Å². The molecule has 0 fully saturated rings. The molecule has 0 aromatic heterocycles. The Labute approximate surface area is 88.7 Å². The topological polar surface area (TPSA) is 37.3 Å². The van der Waals surface area contributed by atoms with Crippen molar-refractivity contribution in [2.75, 3.05) is 6.67 Å². The normalized spacial score (nSPS) is 12.4. The van der Waals surface area contributed by atoms with Crippen LogP contribution < -0.4 is 0 Å². The lowest BCUT2D eigenvalue weighted by molar-refractivity contribution is -0.142. The quantitative estimate of drug-likeness (QED) is 0.811. The number of carboxylic acids is 1. The molecular formula is C12H15FO2. The van der Waals surface area contributed by atoms with Gasteiger partial charge >= 0.3 is 5.97 Å². The third kappa shape index (κ3) is 3.70. The molecule has 0 spiro atoms. The molecule has 1 rings (SSSR count). The fourth-order valence-corrected chi connectivity index (χ4v) is 1.57. The number of carboxylic acid groups (broad SMARTS) is 1. The van der Waals surface area contributed by atoms with Crippen LogP contribution in [0.4, 0.5) is 4.39 Å². The van der Waals surface area contributed by atoms with Crippen molar-refractivity contribution in [3.05, 3.63) is 35.4 Å². The molecule has 0 aliphatic carbocycles. The average Bonchev–Trinajstić information content (AvgIpc) is 2.17. The molecule has 0 aliphatic rings. The SMILES string of the molecule is Cc1cccc(CC(CCF)C(=O)O)c1. The van der Waals surface area contributed by atoms with E-state index in [9.17, 15) is 9.18 Å². The van der Waals surface area contributed by atoms with Crippen LogP contribution in [-0.4, -0.2) is 17.8 Å². The van der Waals surface area contributed by atoms with Crippen molar-refractivity contribution in [1.82, 2.24) is 0 Å². The van der Waals surface area contributed by atoms with Crippen LogP contribution in [0.3, 0.4) is 0 Å². The number of rotatable bonds is 5. The summed E-state index contributed by atoms with van der Waals surface area (Å²) in [6.07, 6.45) is 0.490. The van der Waals surface area contributed by atoms with Crippen LogP contribution >= 0.6 is 0 Å². The summed E-state index contributed by atoms with van der Waals surface area (Å²) in [5.41, 5.74) is 2.05. The molecule has 1 aromatic rings. The predicted octanol–water partition coefficient (Wildman–Crippen LogP) is 2.60. The Bertz CT molecular complexity index is 336. The summed E-state index contributed by atoms with van der Waals surface area (Å²) >= 11 is 0. The molecule has 0 saturated carbocycles. The molecule has 3 heteroatoms. The lowest BCUT2D eigenvalue weighted by Gasteiger charge is -2.10. The van der Waals surface area contributed by atoms with E-state index < -0.39 is 18.6 Å². The molecule has 1 atom stereocenters. The molecule has 82 valence electrons. The lowest BCUT2D eigenvalue weighted by atomic mass is 9.96. The number of halogens is 1. The van der Waals surface area contributed by atoms with Gasteiger partial charge in [-0.1, -0.05) is 29.8 Å². The number of alkyl halides is 1. The summed E-state index contributed by atoms with van der Waals surface area (Å²) in [5.74, 6) is -1.54. The van der Waals surface area contributed by atoms with Gasteiger partial charge in [0.1, 0.15) is 0 Å². The van der Waals surface area contributed by atoms with E-state index in [4.69, 9.17) is 5.11 Å². The van der Waals surface area contributed by atoms with Crippen molar-refractivity contribution < 1.29 is 14.3 Å². The van der Waals surface area contributed by atoms with E-state index in [0.717, 1.165) is 11.1 Å². The molecule has 1 N–H and O–H groups in total. The molecule has 1 aromatic carbocycles. The van der Waals surface area contributed by atoms with E-state index in [1.165, 1.54) is 0 Å². The Balaban J connectivity index is 2.69. The molecule has 2 nitrogen and oxygen atoms in total. The third-order valence-corrected chi connectivity index (χ3v) is 2.37. The second-order valence-corrected chi connectivity index (χ2v) is 3.71. The summed E-state index contributed by atoms with van der Waals surface area (Å²) in [4.78, 5) is 10.8. The fraction of sp³-hybridized carbons (Fsp3) is 0.417. The number of aliphatic carboxylic acids is 1. The van der Waals surface area contributed by atoms with Crippen LogP contribution in [0, 0.1) is 12.8 Å². The van der Waals surface area contributed by atoms with Gasteiger partial charge in [0.05, 0.1) is 12.6 Å². The average molecular weight is 210 g/mol. The molecular weight excluding hydrogens is 195 g/mol. The molecule has 0 saturated heterocycles. The van der Waals surface area contributed by atoms with Crippen molar-refractivity contribution in [1.29, 1.82) is 0 Å². The van der Waals surface area contributed by atoms with E-state index in [2.05, 4.69) is 0 Å². The van der Waals surface area contributed by atoms with Gasteiger partial charge in [-0.25, -0.2) is 0 Å². The molecule has 15 heavy (non-hydrogen) atoms. The molecule has 1 unspecified atom stereocenters. The minimum atomic E-state index is -0.922. The Morgan fingerprint density at radius 2 is 2.27 bits per heavy atom. The first-order valence-electron chi connectivity index (χ1n) is 4.98. The fourth-order valence-electron chi connectivity index (χ4n) is 1.57. The number of carbonyl (C=O) groups is 1. The summed E-state index contributed by atoms with van der Waals surface area (Å²) in [7, 11) is 0. The Morgan fingerprint density at radius 3 is 2.80 bits per heavy atom. The van der Waals surface area contributed by atoms with Gasteiger partial charge in [-0.05, 0) is 25.3 Å². The summed E-state index contributed by atoms with van der Waals surface area (Å²) in [5, 5.41) is 8.87. The maximum Gasteiger partial charge on any atom is 0.306 e. The van der Waals surface area contributed by atoms with Crippen LogP contribution in [0.25, 0.3) is 0 Å². The molecule has 0 bridgehead atoms. The van der Waals surface area contributed by atoms with Crippen molar-refractivity contribution in [3.63, 3.8) is 0 Å². The van der Waals surface area contributed by atoms with E-state index >= 15 is 0 Å². The van der Waals surface area contributed by atoms with Crippen LogP contribution in [0.15, 0.2) is 24.3 Å². The van der Waals surface area contributed by atoms with E-state index in [0.29, 0.717) is 6.42 Å². The highest BCUT2D eigenvalue weighted by Crippen LogP contribution is 2.14. The van der Waals surface area contributed by atoms with Crippen molar-refractivity contribution in [3.8, 4) is 0 Å². The van der Waals surface area contributed by atoms with Crippen LogP contribution in [0.5, 0.6) is 0 Å². The van der Waals surface area contributed by atoms with Gasteiger partial charge in [-0.15, -0.1) is 0 Å². The standard InChI is InChI=1S/C12H15FO2/c1-9-3-2-4-10(7-9)8-11(5-6-13)12(14)15/h2-4,7,11H,5-6,8H2,1H3,(H,14,15). The summed E-state index contributed by atoms with van der Waals surface area (Å²) < 4.78 is 12.1. The second kappa shape index (κ2) is 5.49. The third-order valence-electron chi connectivity index (χ3n) is 2.37. The molecule has 0 heterocycles. The maximum absolute atomic E-state index is 12.1. The first kappa shape index (κ1) is 11.7. The number of hydrogen-bond acceptors (Lipinski definition) is 1. The lowest BCUT2D eigenvalue weighted by Crippen LogP contribution is -2.17. The van der Waals surface area contributed by atoms with Crippen molar-refractivity contribution in [2.45, 2.75) is 19.8 Å². The van der Waals surface area contributed by atoms with E-state index in [-0.39, 0.29) is 6.42 Å². The van der Waals surface area contributed by atoms with Gasteiger partial charge in [-0.2, -0.15) is 0 Å². The van der Waals surface area contributed by atoms with Gasteiger partial charge in [-0.3, -0.25) is 9.18 Å². The van der Waals surface area contributed by atoms with Crippen molar-refractivity contribution >= 4 is 5.97 Å². The number of aryl methyl sites for hydroxylation is 1. The smallest absolute Gasteiger partial charge is 0.306 e. The Morgan fingerprint density at radius 1 is 1.53 bits per heavy atom. The van der Waals surface area contributed by atoms with Gasteiger partial charge < -0.3 is 5.11 Å². The zero-order valence-electron chi connectivity index (χ0n) is 8.74. The monoisotopic (exact) mass is 210 g/mol. The van der Waals surface area contributed by atoms with Crippen molar-refractivity contribution in [2.24, 2.45) is 5.92 Å². The molecule has 0 amide bonds. The van der Waals surface area contributed by atoms with Crippen LogP contribution in [-0.2, 0) is 11.2 Å². The number of hydrogen-bond donors (Lipinski definition) is 1. The second-order valence-electron chi connectivity index (χ2n) is 3.71. The van der Waals surface area contributed by atoms with E-state index in [1.54, 1.807) is 0 Å². The van der Waals surface area contributed by atoms with Gasteiger partial charge in [0.15, 0.2) is 0 Å². The Hall–Kier alpha value is -1.38. The zero-order chi connectivity index (χ0) is 11.3. The summed E-state index contributed by atoms with van der Waals surface area (Å²) in [6, 6.07) is 7.66. The number of benzene rings is 1. The Kier molecular flexibility index (Phi) is 4.28. The van der Waals surface area contributed by atoms with Gasteiger partial charge in [0, 0.05) is 0 Å². The summed E-state index contributed by atoms with van der Waals surface area (Å²) in [6.45, 7) is 1.37. The van der Waals surface area contributed by atoms with Gasteiger partial charge in [0.2, 0.25) is 0 Å². The highest BCUT2D eigenvalue weighted by molar-refractivity contribution is 5.70. The molecule has 0 radical (unpaired) electrons. The maximum atomic E-state index is 12.1. The minimum absolute atomic E-state index is 0.0866. The first-order valence-corrected chi connectivity index (χ1v) is 4.98. The highest BCUT2D eigenvalue weighted by Gasteiger charge is 2.17. The molecule has 0 aliphatic heterocycles. The van der Waals surface area contributed by atoms with Gasteiger partial charge in [0.25, 0.3) is 0 Å². The zero-order valence-corrected chi connectivity index (χ0v) is 8.74. The predicted molar refractivity (Wildman–Crippen MR) is 56.6 cm³/mol. The van der Waals surface area contributed by atoms with Crippen LogP contribution in [0.2, 0.25) is 0 Å². The first-order chi connectivity index (χ1) is 7.13. The highest BCUT2D eigenvalue weighted by atomic mass is 19.1. The van der Waals surface area contributed by atoms with E-state index in [1.807, 2.05) is 31.2 Å².